The maximum atomic E-state index is 11.0. The van der Waals surface area contributed by atoms with Gasteiger partial charge in [0.25, 0.3) is 0 Å². The highest BCUT2D eigenvalue weighted by Crippen LogP contribution is 2.09. The first-order chi connectivity index (χ1) is 6.66. The molecule has 0 aromatic carbocycles. The molecule has 2 aromatic rings. The van der Waals surface area contributed by atoms with Crippen LogP contribution in [0.1, 0.15) is 18.1 Å². The van der Waals surface area contributed by atoms with Gasteiger partial charge in [-0.1, -0.05) is 0 Å². The van der Waals surface area contributed by atoms with E-state index >= 15 is 0 Å². The molecule has 14 heavy (non-hydrogen) atoms. The van der Waals surface area contributed by atoms with Crippen molar-refractivity contribution in [3.05, 3.63) is 29.7 Å². The smallest absolute Gasteiger partial charge is 0.158 e. The van der Waals surface area contributed by atoms with Crippen LogP contribution in [0.4, 0.5) is 0 Å². The SMILES string of the molecule is CC(=O)Cc1cnn2cc(C)cnc12. The zero-order chi connectivity index (χ0) is 10.1. The average Bonchev–Trinajstić information content (AvgIpc) is 2.47. The molecule has 0 bridgehead atoms. The molecule has 0 saturated carbocycles. The molecule has 2 rings (SSSR count). The number of hydrogen-bond acceptors (Lipinski definition) is 3. The first kappa shape index (κ1) is 8.87. The quantitative estimate of drug-likeness (QED) is 0.712. The van der Waals surface area contributed by atoms with E-state index in [1.165, 1.54) is 0 Å². The van der Waals surface area contributed by atoms with Crippen LogP contribution in [0.15, 0.2) is 18.6 Å². The molecule has 2 aromatic heterocycles. The second kappa shape index (κ2) is 3.21. The summed E-state index contributed by atoms with van der Waals surface area (Å²) >= 11 is 0. The van der Waals surface area contributed by atoms with Gasteiger partial charge >= 0.3 is 0 Å². The van der Waals surface area contributed by atoms with Crippen molar-refractivity contribution in [2.45, 2.75) is 20.3 Å². The molecule has 0 aliphatic rings. The van der Waals surface area contributed by atoms with E-state index in [1.807, 2.05) is 13.1 Å². The lowest BCUT2D eigenvalue weighted by atomic mass is 10.2. The number of fused-ring (bicyclic) bond motifs is 1. The highest BCUT2D eigenvalue weighted by Gasteiger charge is 2.06. The van der Waals surface area contributed by atoms with E-state index in [0.29, 0.717) is 6.42 Å². The van der Waals surface area contributed by atoms with Gasteiger partial charge in [-0.25, -0.2) is 9.50 Å². The van der Waals surface area contributed by atoms with Crippen molar-refractivity contribution in [1.82, 2.24) is 14.6 Å². The Kier molecular flexibility index (Phi) is 2.04. The molecule has 0 spiro atoms. The number of ketones is 1. The zero-order valence-corrected chi connectivity index (χ0v) is 8.19. The number of Topliss-reactive ketones (excluding diaryl/α,β-unsaturated/α-hetero) is 1. The average molecular weight is 189 g/mol. The largest absolute Gasteiger partial charge is 0.300 e. The van der Waals surface area contributed by atoms with E-state index in [1.54, 1.807) is 23.8 Å². The third-order valence-electron chi connectivity index (χ3n) is 2.00. The molecule has 4 nitrogen and oxygen atoms in total. The Hall–Kier alpha value is -1.71. The third kappa shape index (κ3) is 1.51. The molecule has 0 amide bonds. The van der Waals surface area contributed by atoms with Crippen molar-refractivity contribution >= 4 is 11.4 Å². The zero-order valence-electron chi connectivity index (χ0n) is 8.19. The van der Waals surface area contributed by atoms with Crippen LogP contribution in [0.5, 0.6) is 0 Å². The Bertz CT molecular complexity index is 487. The lowest BCUT2D eigenvalue weighted by molar-refractivity contribution is -0.116. The van der Waals surface area contributed by atoms with Crippen LogP contribution in [0.25, 0.3) is 5.65 Å². The topological polar surface area (TPSA) is 47.3 Å². The molecule has 0 atom stereocenters. The number of aromatic nitrogens is 3. The van der Waals surface area contributed by atoms with Crippen LogP contribution in [0.3, 0.4) is 0 Å². The molecule has 0 radical (unpaired) electrons. The van der Waals surface area contributed by atoms with Crippen LogP contribution in [-0.2, 0) is 11.2 Å². The van der Waals surface area contributed by atoms with Gasteiger partial charge in [-0.3, -0.25) is 4.79 Å². The minimum atomic E-state index is 0.127. The van der Waals surface area contributed by atoms with E-state index in [-0.39, 0.29) is 5.78 Å². The number of rotatable bonds is 2. The lowest BCUT2D eigenvalue weighted by Crippen LogP contribution is -1.97. The van der Waals surface area contributed by atoms with Gasteiger partial charge in [-0.15, -0.1) is 0 Å². The Morgan fingerprint density at radius 1 is 1.50 bits per heavy atom. The van der Waals surface area contributed by atoms with Gasteiger partial charge in [0.05, 0.1) is 6.20 Å². The van der Waals surface area contributed by atoms with Gasteiger partial charge in [0.1, 0.15) is 5.78 Å². The second-order valence-corrected chi connectivity index (χ2v) is 3.45. The number of hydrogen-bond donors (Lipinski definition) is 0. The predicted octanol–water partition coefficient (Wildman–Crippen LogP) is 1.17. The van der Waals surface area contributed by atoms with E-state index in [9.17, 15) is 4.79 Å². The predicted molar refractivity (Wildman–Crippen MR) is 52.1 cm³/mol. The van der Waals surface area contributed by atoms with Crippen LogP contribution >= 0.6 is 0 Å². The monoisotopic (exact) mass is 189 g/mol. The standard InChI is InChI=1S/C10H11N3O/c1-7-4-11-10-9(3-8(2)14)5-12-13(10)6-7/h4-6H,3H2,1-2H3. The molecule has 72 valence electrons. The van der Waals surface area contributed by atoms with Crippen molar-refractivity contribution in [3.63, 3.8) is 0 Å². The summed E-state index contributed by atoms with van der Waals surface area (Å²) in [4.78, 5) is 15.2. The Balaban J connectivity index is 2.52. The van der Waals surface area contributed by atoms with Crippen LogP contribution < -0.4 is 0 Å². The maximum absolute atomic E-state index is 11.0. The number of aryl methyl sites for hydroxylation is 1. The highest BCUT2D eigenvalue weighted by atomic mass is 16.1. The van der Waals surface area contributed by atoms with E-state index in [2.05, 4.69) is 10.1 Å². The van der Waals surface area contributed by atoms with E-state index in [0.717, 1.165) is 16.8 Å². The van der Waals surface area contributed by atoms with Crippen molar-refractivity contribution in [3.8, 4) is 0 Å². The van der Waals surface area contributed by atoms with Crippen LogP contribution in [0, 0.1) is 6.92 Å². The molecular formula is C10H11N3O. The fourth-order valence-corrected chi connectivity index (χ4v) is 1.41. The van der Waals surface area contributed by atoms with Gasteiger partial charge in [0, 0.05) is 24.4 Å². The van der Waals surface area contributed by atoms with Gasteiger partial charge in [-0.2, -0.15) is 5.10 Å². The molecule has 0 aliphatic heterocycles. The number of carbonyl (C=O) groups excluding carboxylic acids is 1. The summed E-state index contributed by atoms with van der Waals surface area (Å²) in [5, 5.41) is 4.13. The van der Waals surface area contributed by atoms with E-state index < -0.39 is 0 Å². The van der Waals surface area contributed by atoms with Gasteiger partial charge < -0.3 is 0 Å². The number of nitrogens with zero attached hydrogens (tertiary/aromatic N) is 3. The summed E-state index contributed by atoms with van der Waals surface area (Å²) in [5.74, 6) is 0.127. The normalized spacial score (nSPS) is 10.7. The summed E-state index contributed by atoms with van der Waals surface area (Å²) in [6, 6.07) is 0. The van der Waals surface area contributed by atoms with E-state index in [4.69, 9.17) is 0 Å². The fourth-order valence-electron chi connectivity index (χ4n) is 1.41. The minimum Gasteiger partial charge on any atom is -0.300 e. The van der Waals surface area contributed by atoms with Gasteiger partial charge in [0.2, 0.25) is 0 Å². The first-order valence-corrected chi connectivity index (χ1v) is 4.45. The summed E-state index contributed by atoms with van der Waals surface area (Å²) in [7, 11) is 0. The summed E-state index contributed by atoms with van der Waals surface area (Å²) in [6.45, 7) is 3.52. The van der Waals surface area contributed by atoms with Crippen molar-refractivity contribution in [1.29, 1.82) is 0 Å². The van der Waals surface area contributed by atoms with Gasteiger partial charge in [0.15, 0.2) is 5.65 Å². The molecule has 0 aliphatic carbocycles. The highest BCUT2D eigenvalue weighted by molar-refractivity contribution is 5.79. The van der Waals surface area contributed by atoms with Crippen LogP contribution in [-0.4, -0.2) is 20.4 Å². The minimum absolute atomic E-state index is 0.127. The third-order valence-corrected chi connectivity index (χ3v) is 2.00. The molecular weight excluding hydrogens is 178 g/mol. The second-order valence-electron chi connectivity index (χ2n) is 3.45. The van der Waals surface area contributed by atoms with Crippen molar-refractivity contribution in [2.75, 3.05) is 0 Å². The van der Waals surface area contributed by atoms with Crippen molar-refractivity contribution in [2.24, 2.45) is 0 Å². The number of carbonyl (C=O) groups is 1. The van der Waals surface area contributed by atoms with Crippen LogP contribution in [0.2, 0.25) is 0 Å². The summed E-state index contributed by atoms with van der Waals surface area (Å²) < 4.78 is 1.70. The Labute approximate surface area is 81.6 Å². The first-order valence-electron chi connectivity index (χ1n) is 4.45. The molecule has 0 saturated heterocycles. The molecule has 0 N–H and O–H groups in total. The molecule has 0 unspecified atom stereocenters. The lowest BCUT2D eigenvalue weighted by Gasteiger charge is -1.96. The van der Waals surface area contributed by atoms with Gasteiger partial charge in [-0.05, 0) is 19.4 Å². The Morgan fingerprint density at radius 3 is 3.00 bits per heavy atom. The maximum Gasteiger partial charge on any atom is 0.158 e. The molecule has 0 fully saturated rings. The molecule has 2 heterocycles. The summed E-state index contributed by atoms with van der Waals surface area (Å²) in [6.07, 6.45) is 5.77. The summed E-state index contributed by atoms with van der Waals surface area (Å²) in [5.41, 5.74) is 2.71. The van der Waals surface area contributed by atoms with Crippen molar-refractivity contribution < 1.29 is 4.79 Å². The fraction of sp³-hybridized carbons (Fsp3) is 0.300. The molecule has 4 heteroatoms. The Morgan fingerprint density at radius 2 is 2.29 bits per heavy atom.